The molecule has 0 saturated carbocycles. The van der Waals surface area contributed by atoms with E-state index in [-0.39, 0.29) is 41.6 Å². The monoisotopic (exact) mass is 513 g/mol. The molecule has 0 unspecified atom stereocenters. The van der Waals surface area contributed by atoms with E-state index in [1.165, 1.54) is 25.3 Å². The molecule has 190 valence electrons. The fourth-order valence-corrected chi connectivity index (χ4v) is 4.36. The number of aromatic nitrogens is 4. The highest BCUT2D eigenvalue weighted by atomic mass is 19.1. The molecule has 3 N–H and O–H groups in total. The first-order chi connectivity index (χ1) is 18.2. The third-order valence-corrected chi connectivity index (χ3v) is 6.26. The number of carbonyl (C=O) groups is 3. The summed E-state index contributed by atoms with van der Waals surface area (Å²) in [6, 6.07) is 8.53. The van der Waals surface area contributed by atoms with Gasteiger partial charge in [-0.05, 0) is 41.8 Å². The largest absolute Gasteiger partial charge is 0.390 e. The summed E-state index contributed by atoms with van der Waals surface area (Å²) < 4.78 is 15.4. The molecule has 1 aromatic carbocycles. The highest BCUT2D eigenvalue weighted by Gasteiger charge is 2.33. The van der Waals surface area contributed by atoms with Gasteiger partial charge in [-0.2, -0.15) is 5.10 Å². The van der Waals surface area contributed by atoms with Crippen LogP contribution in [0.1, 0.15) is 61.0 Å². The normalized spacial score (nSPS) is 16.1. The summed E-state index contributed by atoms with van der Waals surface area (Å²) in [6.07, 6.45) is 1.61. The van der Waals surface area contributed by atoms with E-state index in [1.807, 2.05) is 0 Å². The van der Waals surface area contributed by atoms with E-state index in [0.717, 1.165) is 16.3 Å². The van der Waals surface area contributed by atoms with Gasteiger partial charge < -0.3 is 20.6 Å². The molecule has 0 bridgehead atoms. The molecule has 4 aromatic rings. The lowest BCUT2D eigenvalue weighted by Gasteiger charge is -2.18. The molecule has 3 aromatic heterocycles. The van der Waals surface area contributed by atoms with Crippen molar-refractivity contribution in [1.82, 2.24) is 30.2 Å². The zero-order valence-electron chi connectivity index (χ0n) is 20.0. The molecule has 1 aliphatic rings. The average Bonchev–Trinajstić information content (AvgIpc) is 3.45. The van der Waals surface area contributed by atoms with Gasteiger partial charge in [-0.15, -0.1) is 4.98 Å². The minimum absolute atomic E-state index is 0.0489. The first kappa shape index (κ1) is 24.7. The number of nitrogens with one attached hydrogen (secondary N) is 2. The molecule has 38 heavy (non-hydrogen) atoms. The standard InChI is InChI=1S/C26H20FN7O4/c1-13(35)15-3-4-17-16(8-15)9-21(36)23(17)33-26(38)20-10-19(32-24-18(27)12-31-34(20)24)25(37)30-11-14-5-6-29-22(7-14)28-2/h3-8,10,12,21,23,36H,9,11H2,1H3,(H,30,37)(H,33,38)/t21-,23-/m1/s1. The molecule has 1 aliphatic carbocycles. The van der Waals surface area contributed by atoms with Crippen molar-refractivity contribution < 1.29 is 23.9 Å². The summed E-state index contributed by atoms with van der Waals surface area (Å²) >= 11 is 0. The molecule has 11 nitrogen and oxygen atoms in total. The van der Waals surface area contributed by atoms with Gasteiger partial charge in [-0.25, -0.2) is 13.9 Å². The highest BCUT2D eigenvalue weighted by Crippen LogP contribution is 2.32. The van der Waals surface area contributed by atoms with Crippen LogP contribution < -0.4 is 10.6 Å². The van der Waals surface area contributed by atoms with Gasteiger partial charge in [0.15, 0.2) is 17.2 Å². The smallest absolute Gasteiger partial charge is 0.270 e. The van der Waals surface area contributed by atoms with E-state index in [0.29, 0.717) is 16.7 Å². The van der Waals surface area contributed by atoms with Gasteiger partial charge in [0.05, 0.1) is 18.3 Å². The van der Waals surface area contributed by atoms with Crippen LogP contribution >= 0.6 is 0 Å². The maximum absolute atomic E-state index is 14.4. The fourth-order valence-electron chi connectivity index (χ4n) is 4.36. The van der Waals surface area contributed by atoms with Crippen LogP contribution in [0.5, 0.6) is 0 Å². The van der Waals surface area contributed by atoms with Crippen molar-refractivity contribution in [1.29, 1.82) is 0 Å². The summed E-state index contributed by atoms with van der Waals surface area (Å²) in [4.78, 5) is 49.1. The van der Waals surface area contributed by atoms with Crippen molar-refractivity contribution in [3.8, 4) is 0 Å². The molecular formula is C26H20FN7O4. The van der Waals surface area contributed by atoms with E-state index in [1.54, 1.807) is 24.3 Å². The lowest BCUT2D eigenvalue weighted by molar-refractivity contribution is 0.0850. The summed E-state index contributed by atoms with van der Waals surface area (Å²) in [5.74, 6) is -2.15. The number of hydrogen-bond acceptors (Lipinski definition) is 7. The van der Waals surface area contributed by atoms with Gasteiger partial charge >= 0.3 is 0 Å². The van der Waals surface area contributed by atoms with Crippen LogP contribution in [0.25, 0.3) is 10.5 Å². The van der Waals surface area contributed by atoms with E-state index in [9.17, 15) is 23.9 Å². The number of aliphatic hydroxyl groups excluding tert-OH is 1. The predicted octanol–water partition coefficient (Wildman–Crippen LogP) is 2.33. The minimum Gasteiger partial charge on any atom is -0.390 e. The van der Waals surface area contributed by atoms with Crippen LogP contribution in [-0.4, -0.2) is 48.4 Å². The summed E-state index contributed by atoms with van der Waals surface area (Å²) in [5, 5.41) is 19.9. The number of rotatable bonds is 6. The quantitative estimate of drug-likeness (QED) is 0.265. The maximum atomic E-state index is 14.4. The van der Waals surface area contributed by atoms with Gasteiger partial charge in [0.2, 0.25) is 0 Å². The molecule has 12 heteroatoms. The predicted molar refractivity (Wildman–Crippen MR) is 131 cm³/mol. The molecule has 5 rings (SSSR count). The zero-order chi connectivity index (χ0) is 27.0. The van der Waals surface area contributed by atoms with E-state index >= 15 is 0 Å². The van der Waals surface area contributed by atoms with E-state index in [4.69, 9.17) is 6.57 Å². The number of aliphatic hydroxyl groups is 1. The minimum atomic E-state index is -0.952. The number of Topliss-reactive ketones (excluding diaryl/α,β-unsaturated/α-hetero) is 1. The summed E-state index contributed by atoms with van der Waals surface area (Å²) in [6.45, 7) is 8.54. The molecule has 0 saturated heterocycles. The number of ketones is 1. The lowest BCUT2D eigenvalue weighted by atomic mass is 10.0. The van der Waals surface area contributed by atoms with E-state index in [2.05, 4.69) is 30.5 Å². The summed E-state index contributed by atoms with van der Waals surface area (Å²) in [5.41, 5.74) is 1.80. The maximum Gasteiger partial charge on any atom is 0.270 e. The Morgan fingerprint density at radius 1 is 1.21 bits per heavy atom. The Bertz CT molecular complexity index is 1660. The molecule has 3 heterocycles. The van der Waals surface area contributed by atoms with Gasteiger partial charge in [0.25, 0.3) is 17.6 Å². The van der Waals surface area contributed by atoms with Gasteiger partial charge in [0.1, 0.15) is 17.6 Å². The van der Waals surface area contributed by atoms with Gasteiger partial charge in [-0.3, -0.25) is 14.4 Å². The van der Waals surface area contributed by atoms with Crippen molar-refractivity contribution in [2.24, 2.45) is 0 Å². The van der Waals surface area contributed by atoms with E-state index < -0.39 is 29.8 Å². The number of pyridine rings is 1. The second kappa shape index (κ2) is 9.79. The number of benzene rings is 1. The van der Waals surface area contributed by atoms with Crippen molar-refractivity contribution >= 4 is 29.1 Å². The molecule has 2 amide bonds. The van der Waals surface area contributed by atoms with Gasteiger partial charge in [-0.1, -0.05) is 18.7 Å². The zero-order valence-corrected chi connectivity index (χ0v) is 20.0. The Hall–Kier alpha value is -5.02. The molecular weight excluding hydrogens is 493 g/mol. The highest BCUT2D eigenvalue weighted by molar-refractivity contribution is 5.98. The Labute approximate surface area is 215 Å². The van der Waals surface area contributed by atoms with Crippen LogP contribution in [0.4, 0.5) is 10.2 Å². The average molecular weight is 513 g/mol. The molecule has 0 spiro atoms. The second-order valence-corrected chi connectivity index (χ2v) is 8.76. The number of hydrogen-bond donors (Lipinski definition) is 3. The van der Waals surface area contributed by atoms with Crippen LogP contribution in [0.2, 0.25) is 0 Å². The molecule has 0 aliphatic heterocycles. The van der Waals surface area contributed by atoms with Crippen molar-refractivity contribution in [3.05, 3.63) is 99.7 Å². The third kappa shape index (κ3) is 4.58. The molecule has 2 atom stereocenters. The van der Waals surface area contributed by atoms with Crippen LogP contribution in [0, 0.1) is 12.4 Å². The van der Waals surface area contributed by atoms with Crippen molar-refractivity contribution in [3.63, 3.8) is 0 Å². The first-order valence-electron chi connectivity index (χ1n) is 11.5. The van der Waals surface area contributed by atoms with Crippen molar-refractivity contribution in [2.45, 2.75) is 32.0 Å². The number of carbonyl (C=O) groups excluding carboxylic acids is 3. The van der Waals surface area contributed by atoms with Crippen LogP contribution in [0.15, 0.2) is 48.8 Å². The first-order valence-corrected chi connectivity index (χ1v) is 11.5. The Balaban J connectivity index is 1.41. The van der Waals surface area contributed by atoms with Crippen LogP contribution in [-0.2, 0) is 13.0 Å². The number of fused-ring (bicyclic) bond motifs is 2. The lowest BCUT2D eigenvalue weighted by Crippen LogP contribution is -2.35. The van der Waals surface area contributed by atoms with Crippen LogP contribution in [0.3, 0.4) is 0 Å². The van der Waals surface area contributed by atoms with Gasteiger partial charge in [0, 0.05) is 24.6 Å². The number of amides is 2. The number of halogens is 1. The van der Waals surface area contributed by atoms with Crippen molar-refractivity contribution in [2.75, 3.05) is 0 Å². The topological polar surface area (TPSA) is 143 Å². The molecule has 0 fully saturated rings. The summed E-state index contributed by atoms with van der Waals surface area (Å²) in [7, 11) is 0. The second-order valence-electron chi connectivity index (χ2n) is 8.76. The third-order valence-electron chi connectivity index (χ3n) is 6.26. The fraction of sp³-hybridized carbons (Fsp3) is 0.192. The Morgan fingerprint density at radius 2 is 2.03 bits per heavy atom. The Kier molecular flexibility index (Phi) is 6.36. The number of nitrogens with zero attached hydrogens (tertiary/aromatic N) is 5. The molecule has 0 radical (unpaired) electrons. The SMILES string of the molecule is [C-]#[N+]c1cc(CNC(=O)c2cc(C(=O)N[C@@H]3c4ccc(C(C)=O)cc4C[C@H]3O)n3ncc(F)c3n2)ccn1. The Morgan fingerprint density at radius 3 is 2.79 bits per heavy atom.